The van der Waals surface area contributed by atoms with Crippen molar-refractivity contribution in [1.29, 1.82) is 0 Å². The molecule has 1 amide bonds. The van der Waals surface area contributed by atoms with Gasteiger partial charge < -0.3 is 5.73 Å². The Kier molecular flexibility index (Phi) is 7.29. The number of amides is 1. The predicted octanol–water partition coefficient (Wildman–Crippen LogP) is 3.55. The molecule has 0 radical (unpaired) electrons. The molecule has 11 heteroatoms. The summed E-state index contributed by atoms with van der Waals surface area (Å²) >= 11 is 0. The van der Waals surface area contributed by atoms with E-state index in [1.807, 2.05) is 0 Å². The van der Waals surface area contributed by atoms with Crippen molar-refractivity contribution in [3.8, 4) is 5.69 Å². The highest BCUT2D eigenvalue weighted by Crippen LogP contribution is 2.30. The normalized spacial score (nSPS) is 14.7. The number of primary amides is 1. The van der Waals surface area contributed by atoms with Crippen molar-refractivity contribution < 1.29 is 26.4 Å². The Bertz CT molecular complexity index is 1490. The third-order valence-electron chi connectivity index (χ3n) is 6.43. The van der Waals surface area contributed by atoms with Crippen LogP contribution >= 0.6 is 0 Å². The van der Waals surface area contributed by atoms with E-state index in [-0.39, 0.29) is 22.6 Å². The van der Waals surface area contributed by atoms with Crippen LogP contribution in [0.15, 0.2) is 64.4 Å². The van der Waals surface area contributed by atoms with Crippen LogP contribution in [0.4, 0.5) is 13.2 Å². The number of nitrogens with two attached hydrogens (primary N) is 1. The SMILES string of the molecule is CS(=O)(=O)c1ccc(Cc2c(CN3CCCC3)cn(-c3cccc(C(F)(F)F)c3)c(=O)c2C(N)=O)cc1. The maximum Gasteiger partial charge on any atom is 0.416 e. The first kappa shape index (κ1) is 26.6. The van der Waals surface area contributed by atoms with Crippen LogP contribution in [0.3, 0.4) is 0 Å². The van der Waals surface area contributed by atoms with Crippen molar-refractivity contribution in [1.82, 2.24) is 9.47 Å². The monoisotopic (exact) mass is 533 g/mol. The highest BCUT2D eigenvalue weighted by Gasteiger charge is 2.31. The molecule has 3 aromatic rings. The van der Waals surface area contributed by atoms with E-state index < -0.39 is 33.0 Å². The molecule has 0 unspecified atom stereocenters. The molecule has 0 spiro atoms. The summed E-state index contributed by atoms with van der Waals surface area (Å²) in [5, 5.41) is 0. The zero-order valence-corrected chi connectivity index (χ0v) is 20.9. The first-order valence-electron chi connectivity index (χ1n) is 11.6. The smallest absolute Gasteiger partial charge is 0.365 e. The maximum absolute atomic E-state index is 13.4. The molecule has 196 valence electrons. The van der Waals surface area contributed by atoms with Crippen molar-refractivity contribution in [2.24, 2.45) is 5.73 Å². The van der Waals surface area contributed by atoms with E-state index >= 15 is 0 Å². The molecule has 0 atom stereocenters. The minimum Gasteiger partial charge on any atom is -0.365 e. The van der Waals surface area contributed by atoms with E-state index in [4.69, 9.17) is 5.73 Å². The minimum absolute atomic E-state index is 0.0333. The number of pyridine rings is 1. The summed E-state index contributed by atoms with van der Waals surface area (Å²) in [6.07, 6.45) is 0.0424. The fraction of sp³-hybridized carbons (Fsp3) is 0.308. The first-order chi connectivity index (χ1) is 17.3. The molecule has 1 aliphatic rings. The van der Waals surface area contributed by atoms with Gasteiger partial charge in [0, 0.05) is 24.7 Å². The summed E-state index contributed by atoms with van der Waals surface area (Å²) in [6, 6.07) is 10.4. The van der Waals surface area contributed by atoms with Gasteiger partial charge in [0.15, 0.2) is 9.84 Å². The average molecular weight is 534 g/mol. The van der Waals surface area contributed by atoms with Crippen molar-refractivity contribution in [3.05, 3.63) is 92.9 Å². The van der Waals surface area contributed by atoms with Crippen LogP contribution in [-0.4, -0.2) is 43.1 Å². The van der Waals surface area contributed by atoms with Gasteiger partial charge in [0.25, 0.3) is 11.5 Å². The van der Waals surface area contributed by atoms with Gasteiger partial charge in [-0.2, -0.15) is 13.2 Å². The Hall–Kier alpha value is -3.44. The lowest BCUT2D eigenvalue weighted by atomic mass is 9.95. The van der Waals surface area contributed by atoms with Gasteiger partial charge in [-0.15, -0.1) is 0 Å². The number of sulfone groups is 1. The molecule has 2 heterocycles. The van der Waals surface area contributed by atoms with Gasteiger partial charge in [-0.3, -0.25) is 19.1 Å². The molecule has 1 aliphatic heterocycles. The number of benzene rings is 2. The topological polar surface area (TPSA) is 102 Å². The lowest BCUT2D eigenvalue weighted by Gasteiger charge is -2.21. The van der Waals surface area contributed by atoms with Crippen molar-refractivity contribution in [2.45, 2.75) is 36.9 Å². The number of halogens is 3. The molecule has 1 saturated heterocycles. The molecule has 1 fully saturated rings. The number of likely N-dealkylation sites (tertiary alicyclic amines) is 1. The minimum atomic E-state index is -4.61. The number of rotatable bonds is 7. The van der Waals surface area contributed by atoms with E-state index in [1.165, 1.54) is 30.5 Å². The van der Waals surface area contributed by atoms with Gasteiger partial charge in [0.2, 0.25) is 0 Å². The fourth-order valence-corrected chi connectivity index (χ4v) is 5.19. The van der Waals surface area contributed by atoms with Crippen molar-refractivity contribution in [2.75, 3.05) is 19.3 Å². The Morgan fingerprint density at radius 3 is 2.27 bits per heavy atom. The van der Waals surface area contributed by atoms with Crippen LogP contribution in [0, 0.1) is 0 Å². The molecular formula is C26H26F3N3O4S. The van der Waals surface area contributed by atoms with E-state index in [9.17, 15) is 31.2 Å². The average Bonchev–Trinajstić information content (AvgIpc) is 3.33. The van der Waals surface area contributed by atoms with Crippen LogP contribution < -0.4 is 11.3 Å². The number of hydrogen-bond acceptors (Lipinski definition) is 5. The van der Waals surface area contributed by atoms with E-state index in [2.05, 4.69) is 4.90 Å². The van der Waals surface area contributed by atoms with Gasteiger partial charge in [-0.05, 0) is 79.4 Å². The largest absolute Gasteiger partial charge is 0.416 e. The van der Waals surface area contributed by atoms with Crippen molar-refractivity contribution >= 4 is 15.7 Å². The summed E-state index contributed by atoms with van der Waals surface area (Å²) < 4.78 is 64.7. The van der Waals surface area contributed by atoms with Crippen LogP contribution in [0.5, 0.6) is 0 Å². The summed E-state index contributed by atoms with van der Waals surface area (Å²) in [7, 11) is -3.41. The number of hydrogen-bond donors (Lipinski definition) is 1. The molecule has 2 N–H and O–H groups in total. The van der Waals surface area contributed by atoms with Crippen molar-refractivity contribution in [3.63, 3.8) is 0 Å². The van der Waals surface area contributed by atoms with E-state index in [1.54, 1.807) is 12.1 Å². The number of aromatic nitrogens is 1. The quantitative estimate of drug-likeness (QED) is 0.501. The Morgan fingerprint density at radius 1 is 1.05 bits per heavy atom. The third kappa shape index (κ3) is 5.94. The lowest BCUT2D eigenvalue weighted by Crippen LogP contribution is -2.33. The number of alkyl halides is 3. The van der Waals surface area contributed by atoms with Crippen LogP contribution in [0.1, 0.15) is 45.5 Å². The molecule has 2 aromatic carbocycles. The second-order valence-electron chi connectivity index (χ2n) is 9.17. The van der Waals surface area contributed by atoms with Crippen LogP contribution in [-0.2, 0) is 29.0 Å². The molecule has 37 heavy (non-hydrogen) atoms. The van der Waals surface area contributed by atoms with Crippen LogP contribution in [0.2, 0.25) is 0 Å². The van der Waals surface area contributed by atoms with Gasteiger partial charge in [-0.1, -0.05) is 18.2 Å². The highest BCUT2D eigenvalue weighted by molar-refractivity contribution is 7.90. The van der Waals surface area contributed by atoms with Gasteiger partial charge in [0.05, 0.1) is 10.5 Å². The lowest BCUT2D eigenvalue weighted by molar-refractivity contribution is -0.137. The predicted molar refractivity (Wildman–Crippen MR) is 132 cm³/mol. The molecule has 1 aromatic heterocycles. The van der Waals surface area contributed by atoms with E-state index in [0.717, 1.165) is 48.9 Å². The Balaban J connectivity index is 1.88. The molecular weight excluding hydrogens is 507 g/mol. The third-order valence-corrected chi connectivity index (χ3v) is 7.56. The number of carbonyl (C=O) groups is 1. The van der Waals surface area contributed by atoms with Crippen LogP contribution in [0.25, 0.3) is 5.69 Å². The first-order valence-corrected chi connectivity index (χ1v) is 13.5. The Labute approximate surface area is 212 Å². The van der Waals surface area contributed by atoms with E-state index in [0.29, 0.717) is 23.2 Å². The number of carbonyl (C=O) groups excluding carboxylic acids is 1. The molecule has 4 rings (SSSR count). The summed E-state index contributed by atoms with van der Waals surface area (Å²) in [5.41, 5.74) is 5.17. The molecule has 0 saturated carbocycles. The van der Waals surface area contributed by atoms with Gasteiger partial charge in [0.1, 0.15) is 5.56 Å². The molecule has 7 nitrogen and oxygen atoms in total. The Morgan fingerprint density at radius 2 is 1.70 bits per heavy atom. The van der Waals surface area contributed by atoms with Gasteiger partial charge in [-0.25, -0.2) is 8.42 Å². The maximum atomic E-state index is 13.4. The zero-order valence-electron chi connectivity index (χ0n) is 20.1. The summed E-state index contributed by atoms with van der Waals surface area (Å²) in [6.45, 7) is 1.98. The second kappa shape index (κ2) is 10.1. The highest BCUT2D eigenvalue weighted by atomic mass is 32.2. The zero-order chi connectivity index (χ0) is 27.0. The number of nitrogens with zero attached hydrogens (tertiary/aromatic N) is 2. The summed E-state index contributed by atoms with van der Waals surface area (Å²) in [5.74, 6) is -0.989. The standard InChI is InChI=1S/C26H26F3N3O4S/c1-37(35,36)21-9-7-17(8-10-21)13-22-18(15-31-11-2-3-12-31)16-32(25(34)23(22)24(30)33)20-6-4-5-19(14-20)26(27,28)29/h4-10,14,16H,2-3,11-13,15H2,1H3,(H2,30,33). The second-order valence-corrected chi connectivity index (χ2v) is 11.2. The summed E-state index contributed by atoms with van der Waals surface area (Å²) in [4.78, 5) is 28.3. The fourth-order valence-electron chi connectivity index (χ4n) is 4.56. The van der Waals surface area contributed by atoms with Gasteiger partial charge >= 0.3 is 6.18 Å². The molecule has 0 aliphatic carbocycles. The molecule has 0 bridgehead atoms.